The van der Waals surface area contributed by atoms with E-state index in [0.717, 1.165) is 5.56 Å². The number of carbonyl (C=O) groups is 1. The molecule has 1 aromatic carbocycles. The van der Waals surface area contributed by atoms with Gasteiger partial charge in [0.25, 0.3) is 0 Å². The SMILES string of the molecule is COc1cc(Cl)c(C)cc1NC(=O)[C@@H](N)C(C)(C)C. The number of ether oxygens (including phenoxy) is 1. The average molecular weight is 285 g/mol. The molecule has 1 rings (SSSR count). The Bertz CT molecular complexity index is 481. The number of benzene rings is 1. The van der Waals surface area contributed by atoms with Crippen molar-refractivity contribution in [2.75, 3.05) is 12.4 Å². The largest absolute Gasteiger partial charge is 0.495 e. The zero-order valence-corrected chi connectivity index (χ0v) is 12.8. The molecular formula is C14H21ClN2O2. The molecule has 0 bridgehead atoms. The lowest BCUT2D eigenvalue weighted by Crippen LogP contribution is -2.45. The fourth-order valence-corrected chi connectivity index (χ4v) is 1.69. The first-order chi connectivity index (χ1) is 8.66. The monoisotopic (exact) mass is 284 g/mol. The molecule has 5 heteroatoms. The summed E-state index contributed by atoms with van der Waals surface area (Å²) in [5.41, 5.74) is 7.06. The molecule has 0 fully saturated rings. The van der Waals surface area contributed by atoms with Crippen LogP contribution in [0.1, 0.15) is 26.3 Å². The number of halogens is 1. The van der Waals surface area contributed by atoms with Crippen LogP contribution >= 0.6 is 11.6 Å². The predicted molar refractivity (Wildman–Crippen MR) is 78.8 cm³/mol. The molecule has 0 saturated carbocycles. The normalized spacial score (nSPS) is 13.0. The quantitative estimate of drug-likeness (QED) is 0.897. The third-order valence-electron chi connectivity index (χ3n) is 2.95. The fourth-order valence-electron chi connectivity index (χ4n) is 1.53. The number of anilines is 1. The van der Waals surface area contributed by atoms with Gasteiger partial charge < -0.3 is 15.8 Å². The number of methoxy groups -OCH3 is 1. The lowest BCUT2D eigenvalue weighted by Gasteiger charge is -2.26. The Morgan fingerprint density at radius 3 is 2.47 bits per heavy atom. The summed E-state index contributed by atoms with van der Waals surface area (Å²) in [5.74, 6) is 0.276. The number of rotatable bonds is 3. The van der Waals surface area contributed by atoms with Crippen LogP contribution in [0.3, 0.4) is 0 Å². The highest BCUT2D eigenvalue weighted by Gasteiger charge is 2.28. The van der Waals surface area contributed by atoms with Gasteiger partial charge in [0, 0.05) is 11.1 Å². The van der Waals surface area contributed by atoms with Gasteiger partial charge in [0.15, 0.2) is 0 Å². The van der Waals surface area contributed by atoms with Crippen molar-refractivity contribution in [2.24, 2.45) is 11.1 Å². The second kappa shape index (κ2) is 5.80. The molecule has 3 N–H and O–H groups in total. The van der Waals surface area contributed by atoms with Crippen molar-refractivity contribution in [3.8, 4) is 5.75 Å². The number of hydrogen-bond acceptors (Lipinski definition) is 3. The summed E-state index contributed by atoms with van der Waals surface area (Å²) in [5, 5.41) is 3.38. The molecule has 0 unspecified atom stereocenters. The van der Waals surface area contributed by atoms with Crippen molar-refractivity contribution < 1.29 is 9.53 Å². The molecule has 19 heavy (non-hydrogen) atoms. The van der Waals surface area contributed by atoms with E-state index in [1.165, 1.54) is 7.11 Å². The Morgan fingerprint density at radius 2 is 2.00 bits per heavy atom. The van der Waals surface area contributed by atoms with Crippen LogP contribution in [-0.2, 0) is 4.79 Å². The Hall–Kier alpha value is -1.26. The van der Waals surface area contributed by atoms with E-state index in [1.54, 1.807) is 12.1 Å². The second-order valence-corrected chi connectivity index (χ2v) is 6.04. The Morgan fingerprint density at radius 1 is 1.42 bits per heavy atom. The molecule has 0 spiro atoms. The smallest absolute Gasteiger partial charge is 0.241 e. The summed E-state index contributed by atoms with van der Waals surface area (Å²) in [6.07, 6.45) is 0. The first-order valence-corrected chi connectivity index (χ1v) is 6.45. The predicted octanol–water partition coefficient (Wildman–Crippen LogP) is 2.97. The van der Waals surface area contributed by atoms with Crippen molar-refractivity contribution in [2.45, 2.75) is 33.7 Å². The molecule has 1 aromatic rings. The summed E-state index contributed by atoms with van der Waals surface area (Å²) in [6.45, 7) is 7.62. The van der Waals surface area contributed by atoms with Crippen LogP contribution < -0.4 is 15.8 Å². The van der Waals surface area contributed by atoms with Crippen molar-refractivity contribution in [1.29, 1.82) is 0 Å². The summed E-state index contributed by atoms with van der Waals surface area (Å²) in [4.78, 5) is 12.1. The maximum atomic E-state index is 12.1. The minimum absolute atomic E-state index is 0.243. The average Bonchev–Trinajstić information content (AvgIpc) is 2.31. The summed E-state index contributed by atoms with van der Waals surface area (Å²) in [7, 11) is 1.53. The Balaban J connectivity index is 3.00. The third-order valence-corrected chi connectivity index (χ3v) is 3.36. The number of hydrogen-bond donors (Lipinski definition) is 2. The van der Waals surface area contributed by atoms with E-state index in [-0.39, 0.29) is 11.3 Å². The number of amides is 1. The van der Waals surface area contributed by atoms with E-state index >= 15 is 0 Å². The standard InChI is InChI=1S/C14H21ClN2O2/c1-8-6-10(11(19-5)7-9(8)15)17-13(18)12(16)14(2,3)4/h6-7,12H,16H2,1-5H3,(H,17,18)/t12-/m1/s1. The van der Waals surface area contributed by atoms with Crippen LogP contribution in [0, 0.1) is 12.3 Å². The summed E-state index contributed by atoms with van der Waals surface area (Å²) < 4.78 is 5.21. The second-order valence-electron chi connectivity index (χ2n) is 5.63. The molecule has 0 saturated heterocycles. The van der Waals surface area contributed by atoms with Gasteiger partial charge >= 0.3 is 0 Å². The highest BCUT2D eigenvalue weighted by Crippen LogP contribution is 2.31. The van der Waals surface area contributed by atoms with Gasteiger partial charge in [-0.25, -0.2) is 0 Å². The van der Waals surface area contributed by atoms with Crippen LogP contribution in [0.5, 0.6) is 5.75 Å². The highest BCUT2D eigenvalue weighted by atomic mass is 35.5. The molecule has 1 atom stereocenters. The van der Waals surface area contributed by atoms with Crippen LogP contribution in [0.25, 0.3) is 0 Å². The van der Waals surface area contributed by atoms with E-state index < -0.39 is 6.04 Å². The van der Waals surface area contributed by atoms with Gasteiger partial charge in [-0.1, -0.05) is 32.4 Å². The van der Waals surface area contributed by atoms with E-state index in [0.29, 0.717) is 16.5 Å². The summed E-state index contributed by atoms with van der Waals surface area (Å²) >= 11 is 6.02. The van der Waals surface area contributed by atoms with Crippen molar-refractivity contribution >= 4 is 23.2 Å². The summed E-state index contributed by atoms with van der Waals surface area (Å²) in [6, 6.07) is 2.84. The van der Waals surface area contributed by atoms with Gasteiger partial charge in [-0.3, -0.25) is 4.79 Å². The van der Waals surface area contributed by atoms with E-state index in [9.17, 15) is 4.79 Å². The van der Waals surface area contributed by atoms with E-state index in [1.807, 2.05) is 27.7 Å². The van der Waals surface area contributed by atoms with Crippen molar-refractivity contribution in [1.82, 2.24) is 0 Å². The fraction of sp³-hybridized carbons (Fsp3) is 0.500. The minimum Gasteiger partial charge on any atom is -0.495 e. The van der Waals surface area contributed by atoms with Gasteiger partial charge in [0.05, 0.1) is 18.8 Å². The van der Waals surface area contributed by atoms with E-state index in [4.69, 9.17) is 22.1 Å². The van der Waals surface area contributed by atoms with Crippen molar-refractivity contribution in [3.05, 3.63) is 22.7 Å². The number of nitrogens with one attached hydrogen (secondary N) is 1. The molecule has 0 heterocycles. The van der Waals surface area contributed by atoms with Gasteiger partial charge in [-0.2, -0.15) is 0 Å². The molecule has 0 aliphatic heterocycles. The van der Waals surface area contributed by atoms with E-state index in [2.05, 4.69) is 5.32 Å². The topological polar surface area (TPSA) is 64.3 Å². The molecule has 0 aliphatic rings. The third kappa shape index (κ3) is 3.85. The van der Waals surface area contributed by atoms with Crippen LogP contribution in [0.2, 0.25) is 5.02 Å². The van der Waals surface area contributed by atoms with Crippen LogP contribution in [0.15, 0.2) is 12.1 Å². The number of carbonyl (C=O) groups excluding carboxylic acids is 1. The van der Waals surface area contributed by atoms with Gasteiger partial charge in [0.1, 0.15) is 5.75 Å². The maximum Gasteiger partial charge on any atom is 0.241 e. The van der Waals surface area contributed by atoms with Gasteiger partial charge in [0.2, 0.25) is 5.91 Å². The maximum absolute atomic E-state index is 12.1. The minimum atomic E-state index is -0.604. The molecule has 0 aliphatic carbocycles. The number of nitrogens with two attached hydrogens (primary N) is 1. The Kier molecular flexibility index (Phi) is 4.82. The van der Waals surface area contributed by atoms with Crippen LogP contribution in [0.4, 0.5) is 5.69 Å². The lowest BCUT2D eigenvalue weighted by atomic mass is 9.87. The molecule has 0 radical (unpaired) electrons. The van der Waals surface area contributed by atoms with Crippen molar-refractivity contribution in [3.63, 3.8) is 0 Å². The van der Waals surface area contributed by atoms with Crippen LogP contribution in [-0.4, -0.2) is 19.1 Å². The van der Waals surface area contributed by atoms with Gasteiger partial charge in [-0.15, -0.1) is 0 Å². The molecule has 1 amide bonds. The highest BCUT2D eigenvalue weighted by molar-refractivity contribution is 6.31. The first-order valence-electron chi connectivity index (χ1n) is 6.07. The molecule has 0 aromatic heterocycles. The lowest BCUT2D eigenvalue weighted by molar-refractivity contribution is -0.119. The first kappa shape index (κ1) is 15.8. The molecule has 106 valence electrons. The zero-order chi connectivity index (χ0) is 14.8. The zero-order valence-electron chi connectivity index (χ0n) is 12.0. The van der Waals surface area contributed by atoms with Gasteiger partial charge in [-0.05, 0) is 24.0 Å². The Labute approximate surface area is 119 Å². The number of aryl methyl sites for hydroxylation is 1. The molecule has 4 nitrogen and oxygen atoms in total. The molecular weight excluding hydrogens is 264 g/mol.